The number of aromatic nitrogens is 3. The number of anilines is 1. The highest BCUT2D eigenvalue weighted by atomic mass is 32.2. The number of amides is 1. The number of nitrogens with zero attached hydrogens (tertiary/aromatic N) is 4. The molecule has 0 aliphatic heterocycles. The maximum atomic E-state index is 14.3. The summed E-state index contributed by atoms with van der Waals surface area (Å²) in [6, 6.07) is 9.64. The molecular formula is C22H20F2N4O3S2. The van der Waals surface area contributed by atoms with Gasteiger partial charge in [0, 0.05) is 24.6 Å². The molecule has 1 amide bonds. The third-order valence-corrected chi connectivity index (χ3v) is 7.21. The minimum absolute atomic E-state index is 0.0284. The predicted octanol–water partition coefficient (Wildman–Crippen LogP) is 4.14. The average molecular weight is 491 g/mol. The number of hydrogen-bond donors (Lipinski definition) is 0. The molecule has 4 rings (SSSR count). The van der Waals surface area contributed by atoms with Crippen LogP contribution >= 0.6 is 11.3 Å². The van der Waals surface area contributed by atoms with E-state index in [1.165, 1.54) is 23.1 Å². The van der Waals surface area contributed by atoms with E-state index >= 15 is 0 Å². The minimum atomic E-state index is -3.69. The highest BCUT2D eigenvalue weighted by molar-refractivity contribution is 7.90. The molecule has 2 heterocycles. The number of sulfone groups is 1. The van der Waals surface area contributed by atoms with Crippen molar-refractivity contribution in [2.75, 3.05) is 17.7 Å². The Morgan fingerprint density at radius 3 is 2.55 bits per heavy atom. The Balaban J connectivity index is 1.80. The Morgan fingerprint density at radius 1 is 1.15 bits per heavy atom. The Labute approximate surface area is 193 Å². The third kappa shape index (κ3) is 4.64. The summed E-state index contributed by atoms with van der Waals surface area (Å²) in [5.74, 6) is -2.20. The number of thiazole rings is 1. The van der Waals surface area contributed by atoms with Crippen LogP contribution in [0.5, 0.6) is 0 Å². The van der Waals surface area contributed by atoms with Gasteiger partial charge in [0.15, 0.2) is 20.8 Å². The maximum Gasteiger partial charge on any atom is 0.261 e. The lowest BCUT2D eigenvalue weighted by Crippen LogP contribution is -2.35. The second-order valence-electron chi connectivity index (χ2n) is 7.61. The summed E-state index contributed by atoms with van der Waals surface area (Å²) >= 11 is 0.949. The van der Waals surface area contributed by atoms with E-state index in [1.807, 2.05) is 19.9 Å². The van der Waals surface area contributed by atoms with Gasteiger partial charge < -0.3 is 0 Å². The molecule has 7 nitrogen and oxygen atoms in total. The van der Waals surface area contributed by atoms with Crippen molar-refractivity contribution in [2.24, 2.45) is 0 Å². The molecule has 0 fully saturated rings. The predicted molar refractivity (Wildman–Crippen MR) is 122 cm³/mol. The summed E-state index contributed by atoms with van der Waals surface area (Å²) in [6.45, 7) is 4.10. The molecule has 0 saturated carbocycles. The summed E-state index contributed by atoms with van der Waals surface area (Å²) in [7, 11) is -3.69. The van der Waals surface area contributed by atoms with Crippen LogP contribution < -0.4 is 4.90 Å². The Kier molecular flexibility index (Phi) is 6.02. The van der Waals surface area contributed by atoms with Crippen molar-refractivity contribution in [1.82, 2.24) is 14.8 Å². The van der Waals surface area contributed by atoms with Gasteiger partial charge in [0.2, 0.25) is 0 Å². The van der Waals surface area contributed by atoms with Crippen LogP contribution in [-0.4, -0.2) is 41.9 Å². The zero-order valence-electron chi connectivity index (χ0n) is 18.0. The maximum absolute atomic E-state index is 14.3. The molecule has 11 heteroatoms. The Bertz CT molecular complexity index is 1480. The van der Waals surface area contributed by atoms with Crippen LogP contribution in [0.4, 0.5) is 13.9 Å². The smallest absolute Gasteiger partial charge is 0.261 e. The van der Waals surface area contributed by atoms with Crippen molar-refractivity contribution in [3.63, 3.8) is 0 Å². The monoisotopic (exact) mass is 490 g/mol. The molecule has 0 N–H and O–H groups in total. The van der Waals surface area contributed by atoms with Crippen LogP contribution in [0.1, 0.15) is 21.7 Å². The van der Waals surface area contributed by atoms with Gasteiger partial charge >= 0.3 is 0 Å². The van der Waals surface area contributed by atoms with Gasteiger partial charge in [-0.25, -0.2) is 22.2 Å². The van der Waals surface area contributed by atoms with E-state index in [4.69, 9.17) is 0 Å². The van der Waals surface area contributed by atoms with E-state index in [-0.39, 0.29) is 32.4 Å². The number of halogens is 2. The fraction of sp³-hybridized carbons (Fsp3) is 0.227. The van der Waals surface area contributed by atoms with Crippen molar-refractivity contribution < 1.29 is 22.0 Å². The van der Waals surface area contributed by atoms with E-state index in [0.717, 1.165) is 41.1 Å². The molecule has 0 radical (unpaired) electrons. The van der Waals surface area contributed by atoms with Crippen LogP contribution in [0.3, 0.4) is 0 Å². The molecule has 33 heavy (non-hydrogen) atoms. The van der Waals surface area contributed by atoms with Crippen LogP contribution in [0.2, 0.25) is 0 Å². The van der Waals surface area contributed by atoms with Gasteiger partial charge in [-0.2, -0.15) is 5.10 Å². The first-order valence-electron chi connectivity index (χ1n) is 9.92. The molecule has 2 aromatic carbocycles. The summed E-state index contributed by atoms with van der Waals surface area (Å²) in [5.41, 5.74) is 1.61. The SMILES string of the molecule is Cc1cc(C)n(CCN(C(=O)c2ccccc2S(C)(=O)=O)c2nc3c(F)cc(F)cc3s2)n1. The van der Waals surface area contributed by atoms with Crippen LogP contribution in [0.15, 0.2) is 47.4 Å². The standard InChI is InChI=1S/C22H20F2N4O3S2/c1-13-10-14(2)28(26-13)9-8-27(21(29)16-6-4-5-7-19(16)33(3,30)31)22-25-20-17(24)11-15(23)12-18(20)32-22/h4-7,10-12H,8-9H2,1-3H3. The topological polar surface area (TPSA) is 85.2 Å². The third-order valence-electron chi connectivity index (χ3n) is 5.03. The van der Waals surface area contributed by atoms with E-state index in [0.29, 0.717) is 6.54 Å². The lowest BCUT2D eigenvalue weighted by atomic mass is 10.2. The molecule has 2 aromatic heterocycles. The molecule has 4 aromatic rings. The molecule has 0 spiro atoms. The Morgan fingerprint density at radius 2 is 1.88 bits per heavy atom. The first kappa shape index (κ1) is 23.0. The molecule has 0 bridgehead atoms. The molecule has 0 aliphatic carbocycles. The van der Waals surface area contributed by atoms with Gasteiger partial charge in [-0.05, 0) is 38.1 Å². The second kappa shape index (κ2) is 8.64. The normalized spacial score (nSPS) is 11.8. The molecule has 0 saturated heterocycles. The van der Waals surface area contributed by atoms with E-state index in [1.54, 1.807) is 10.7 Å². The minimum Gasteiger partial charge on any atom is -0.282 e. The molecule has 0 atom stereocenters. The second-order valence-corrected chi connectivity index (χ2v) is 10.6. The Hall–Kier alpha value is -3.18. The van der Waals surface area contributed by atoms with Gasteiger partial charge in [-0.15, -0.1) is 0 Å². The summed E-state index contributed by atoms with van der Waals surface area (Å²) in [5, 5.41) is 4.52. The summed E-state index contributed by atoms with van der Waals surface area (Å²) < 4.78 is 54.5. The lowest BCUT2D eigenvalue weighted by Gasteiger charge is -2.21. The van der Waals surface area contributed by atoms with Gasteiger partial charge in [0.1, 0.15) is 11.3 Å². The zero-order valence-corrected chi connectivity index (χ0v) is 19.7. The van der Waals surface area contributed by atoms with E-state index in [2.05, 4.69) is 10.1 Å². The first-order chi connectivity index (χ1) is 15.5. The highest BCUT2D eigenvalue weighted by Crippen LogP contribution is 2.32. The molecular weight excluding hydrogens is 470 g/mol. The first-order valence-corrected chi connectivity index (χ1v) is 12.6. The largest absolute Gasteiger partial charge is 0.282 e. The van der Waals surface area contributed by atoms with Crippen LogP contribution in [0.25, 0.3) is 10.2 Å². The van der Waals surface area contributed by atoms with Crippen molar-refractivity contribution >= 4 is 42.4 Å². The van der Waals surface area contributed by atoms with Gasteiger partial charge in [0.05, 0.1) is 27.4 Å². The van der Waals surface area contributed by atoms with Gasteiger partial charge in [-0.3, -0.25) is 14.4 Å². The van der Waals surface area contributed by atoms with E-state index < -0.39 is 27.4 Å². The number of benzene rings is 2. The van der Waals surface area contributed by atoms with Crippen LogP contribution in [0, 0.1) is 25.5 Å². The molecule has 0 aliphatic rings. The summed E-state index contributed by atoms with van der Waals surface area (Å²) in [6.07, 6.45) is 1.02. The number of hydrogen-bond acceptors (Lipinski definition) is 6. The number of fused-ring (bicyclic) bond motifs is 1. The van der Waals surface area contributed by atoms with Crippen LogP contribution in [-0.2, 0) is 16.4 Å². The van der Waals surface area contributed by atoms with Crippen molar-refractivity contribution in [2.45, 2.75) is 25.3 Å². The quantitative estimate of drug-likeness (QED) is 0.406. The average Bonchev–Trinajstić information content (AvgIpc) is 3.30. The van der Waals surface area contributed by atoms with Crippen molar-refractivity contribution in [3.8, 4) is 0 Å². The number of aryl methyl sites for hydroxylation is 2. The van der Waals surface area contributed by atoms with Crippen molar-refractivity contribution in [1.29, 1.82) is 0 Å². The number of carbonyl (C=O) groups is 1. The molecule has 172 valence electrons. The van der Waals surface area contributed by atoms with Gasteiger partial charge in [-0.1, -0.05) is 23.5 Å². The fourth-order valence-electron chi connectivity index (χ4n) is 3.55. The number of rotatable bonds is 6. The highest BCUT2D eigenvalue weighted by Gasteiger charge is 2.27. The van der Waals surface area contributed by atoms with Gasteiger partial charge in [0.25, 0.3) is 5.91 Å². The van der Waals surface area contributed by atoms with Crippen molar-refractivity contribution in [3.05, 3.63) is 71.1 Å². The lowest BCUT2D eigenvalue weighted by molar-refractivity contribution is 0.0982. The number of carbonyl (C=O) groups excluding carboxylic acids is 1. The zero-order chi connectivity index (χ0) is 23.9. The van der Waals surface area contributed by atoms with E-state index in [9.17, 15) is 22.0 Å². The molecule has 0 unspecified atom stereocenters. The fourth-order valence-corrected chi connectivity index (χ4v) is 5.46. The summed E-state index contributed by atoms with van der Waals surface area (Å²) in [4.78, 5) is 19.0.